The van der Waals surface area contributed by atoms with Crippen molar-refractivity contribution in [3.8, 4) is 0 Å². The zero-order chi connectivity index (χ0) is 13.9. The fourth-order valence-electron chi connectivity index (χ4n) is 1.35. The van der Waals surface area contributed by atoms with Crippen LogP contribution in [0.3, 0.4) is 0 Å². The topological polar surface area (TPSA) is 49.3 Å². The molecule has 1 aromatic rings. The Hall–Kier alpha value is -0.770. The number of halogens is 2. The molecule has 0 saturated carbocycles. The van der Waals surface area contributed by atoms with Gasteiger partial charge in [-0.1, -0.05) is 29.3 Å². The van der Waals surface area contributed by atoms with Crippen LogP contribution in [-0.4, -0.2) is 22.7 Å². The van der Waals surface area contributed by atoms with E-state index in [1.807, 2.05) is 0 Å². The summed E-state index contributed by atoms with van der Waals surface area (Å²) in [5.74, 6) is -0.190. The van der Waals surface area contributed by atoms with Crippen molar-refractivity contribution in [2.75, 3.05) is 0 Å². The van der Waals surface area contributed by atoms with Gasteiger partial charge in [0.2, 0.25) is 5.91 Å². The third-order valence-corrected chi connectivity index (χ3v) is 3.46. The number of carbonyl (C=O) groups excluding carboxylic acids is 1. The highest BCUT2D eigenvalue weighted by molar-refractivity contribution is 6.35. The molecule has 0 aliphatic carbocycles. The summed E-state index contributed by atoms with van der Waals surface area (Å²) in [6, 6.07) is 5.01. The fourth-order valence-corrected chi connectivity index (χ4v) is 1.82. The molecule has 0 radical (unpaired) electrons. The van der Waals surface area contributed by atoms with Gasteiger partial charge in [-0.25, -0.2) is 0 Å². The van der Waals surface area contributed by atoms with Gasteiger partial charge in [-0.15, -0.1) is 0 Å². The zero-order valence-electron chi connectivity index (χ0n) is 10.6. The van der Waals surface area contributed by atoms with Crippen LogP contribution in [-0.2, 0) is 11.2 Å². The van der Waals surface area contributed by atoms with Gasteiger partial charge in [0.25, 0.3) is 0 Å². The maximum absolute atomic E-state index is 11.9. The monoisotopic (exact) mass is 289 g/mol. The molecule has 5 heteroatoms. The summed E-state index contributed by atoms with van der Waals surface area (Å²) in [7, 11) is 0. The van der Waals surface area contributed by atoms with Crippen molar-refractivity contribution in [2.45, 2.75) is 38.8 Å². The molecule has 0 aliphatic rings. The van der Waals surface area contributed by atoms with E-state index >= 15 is 0 Å². The van der Waals surface area contributed by atoms with Crippen LogP contribution in [0.4, 0.5) is 0 Å². The molecule has 0 heterocycles. The molecular formula is C13H17Cl2NO2. The lowest BCUT2D eigenvalue weighted by atomic mass is 9.98. The third-order valence-electron chi connectivity index (χ3n) is 2.87. The molecule has 1 unspecified atom stereocenters. The minimum absolute atomic E-state index is 0.159. The van der Waals surface area contributed by atoms with Crippen LogP contribution >= 0.6 is 23.2 Å². The molecule has 2 N–H and O–H groups in total. The van der Waals surface area contributed by atoms with Gasteiger partial charge < -0.3 is 10.4 Å². The van der Waals surface area contributed by atoms with Crippen LogP contribution in [0.5, 0.6) is 0 Å². The molecule has 0 bridgehead atoms. The molecule has 1 rings (SSSR count). The van der Waals surface area contributed by atoms with Crippen LogP contribution in [0.15, 0.2) is 18.2 Å². The first-order valence-electron chi connectivity index (χ1n) is 5.65. The van der Waals surface area contributed by atoms with Crippen molar-refractivity contribution in [3.63, 3.8) is 0 Å². The zero-order valence-corrected chi connectivity index (χ0v) is 12.1. The molecule has 1 amide bonds. The Labute approximate surface area is 117 Å². The average Bonchev–Trinajstić information content (AvgIpc) is 2.21. The van der Waals surface area contributed by atoms with Gasteiger partial charge in [-0.2, -0.15) is 0 Å². The van der Waals surface area contributed by atoms with E-state index in [-0.39, 0.29) is 12.3 Å². The van der Waals surface area contributed by atoms with Crippen LogP contribution < -0.4 is 5.32 Å². The molecule has 0 fully saturated rings. The molecule has 0 saturated heterocycles. The van der Waals surface area contributed by atoms with E-state index in [0.717, 1.165) is 0 Å². The third kappa shape index (κ3) is 4.16. The quantitative estimate of drug-likeness (QED) is 0.896. The van der Waals surface area contributed by atoms with E-state index in [1.54, 1.807) is 39.0 Å². The summed E-state index contributed by atoms with van der Waals surface area (Å²) in [5, 5.41) is 13.3. The SMILES string of the molecule is CC(O)C(C)(C)NC(=O)Cc1ccc(Cl)cc1Cl. The Morgan fingerprint density at radius 3 is 2.56 bits per heavy atom. The predicted octanol–water partition coefficient (Wildman–Crippen LogP) is 2.81. The maximum atomic E-state index is 11.9. The summed E-state index contributed by atoms with van der Waals surface area (Å²) < 4.78 is 0. The number of carbonyl (C=O) groups is 1. The lowest BCUT2D eigenvalue weighted by Gasteiger charge is -2.29. The van der Waals surface area contributed by atoms with Crippen molar-refractivity contribution < 1.29 is 9.90 Å². The summed E-state index contributed by atoms with van der Waals surface area (Å²) in [5.41, 5.74) is 0.0376. The molecule has 1 atom stereocenters. The van der Waals surface area contributed by atoms with E-state index in [4.69, 9.17) is 23.2 Å². The lowest BCUT2D eigenvalue weighted by Crippen LogP contribution is -2.51. The van der Waals surface area contributed by atoms with Crippen molar-refractivity contribution in [1.82, 2.24) is 5.32 Å². The van der Waals surface area contributed by atoms with Gasteiger partial charge in [-0.3, -0.25) is 4.79 Å². The molecule has 18 heavy (non-hydrogen) atoms. The molecule has 3 nitrogen and oxygen atoms in total. The minimum Gasteiger partial charge on any atom is -0.391 e. The molecule has 0 aliphatic heterocycles. The van der Waals surface area contributed by atoms with Gasteiger partial charge in [0.15, 0.2) is 0 Å². The number of hydrogen-bond donors (Lipinski definition) is 2. The first-order valence-corrected chi connectivity index (χ1v) is 6.41. The number of nitrogens with one attached hydrogen (secondary N) is 1. The number of benzene rings is 1. The Bertz CT molecular complexity index is 445. The van der Waals surface area contributed by atoms with E-state index in [0.29, 0.717) is 15.6 Å². The van der Waals surface area contributed by atoms with Gasteiger partial charge in [0, 0.05) is 10.0 Å². The Kier molecular flexibility index (Phi) is 5.02. The second-order valence-electron chi connectivity index (χ2n) is 4.86. The summed E-state index contributed by atoms with van der Waals surface area (Å²) in [6.45, 7) is 5.16. The van der Waals surface area contributed by atoms with E-state index in [2.05, 4.69) is 5.32 Å². The molecule has 1 aromatic carbocycles. The number of hydrogen-bond acceptors (Lipinski definition) is 2. The Balaban J connectivity index is 2.71. The first-order chi connectivity index (χ1) is 8.22. The van der Waals surface area contributed by atoms with E-state index in [1.165, 1.54) is 0 Å². The normalized spacial score (nSPS) is 13.2. The standard InChI is InChI=1S/C13H17Cl2NO2/c1-8(17)13(2,3)16-12(18)6-9-4-5-10(14)7-11(9)15/h4-5,7-8,17H,6H2,1-3H3,(H,16,18). The van der Waals surface area contributed by atoms with Gasteiger partial charge >= 0.3 is 0 Å². The second-order valence-corrected chi connectivity index (χ2v) is 5.70. The average molecular weight is 290 g/mol. The number of aliphatic hydroxyl groups excluding tert-OH is 1. The molecule has 0 aromatic heterocycles. The van der Waals surface area contributed by atoms with Gasteiger partial charge in [0.05, 0.1) is 18.1 Å². The maximum Gasteiger partial charge on any atom is 0.224 e. The van der Waals surface area contributed by atoms with Crippen molar-refractivity contribution in [2.24, 2.45) is 0 Å². The largest absolute Gasteiger partial charge is 0.391 e. The highest BCUT2D eigenvalue weighted by Crippen LogP contribution is 2.21. The van der Waals surface area contributed by atoms with Crippen molar-refractivity contribution >= 4 is 29.1 Å². The van der Waals surface area contributed by atoms with Crippen molar-refractivity contribution in [1.29, 1.82) is 0 Å². The highest BCUT2D eigenvalue weighted by Gasteiger charge is 2.26. The smallest absolute Gasteiger partial charge is 0.224 e. The predicted molar refractivity (Wildman–Crippen MR) is 74.1 cm³/mol. The highest BCUT2D eigenvalue weighted by atomic mass is 35.5. The molecule has 100 valence electrons. The van der Waals surface area contributed by atoms with Crippen LogP contribution in [0.1, 0.15) is 26.3 Å². The Morgan fingerprint density at radius 2 is 2.06 bits per heavy atom. The lowest BCUT2D eigenvalue weighted by molar-refractivity contribution is -0.123. The van der Waals surface area contributed by atoms with E-state index in [9.17, 15) is 9.90 Å². The summed E-state index contributed by atoms with van der Waals surface area (Å²) in [6.07, 6.45) is -0.478. The van der Waals surface area contributed by atoms with E-state index < -0.39 is 11.6 Å². The number of rotatable bonds is 4. The number of aliphatic hydroxyl groups is 1. The minimum atomic E-state index is -0.671. The Morgan fingerprint density at radius 1 is 1.44 bits per heavy atom. The number of amides is 1. The molecular weight excluding hydrogens is 273 g/mol. The van der Waals surface area contributed by atoms with Crippen LogP contribution in [0.25, 0.3) is 0 Å². The second kappa shape index (κ2) is 5.91. The van der Waals surface area contributed by atoms with Gasteiger partial charge in [-0.05, 0) is 38.5 Å². The van der Waals surface area contributed by atoms with Crippen LogP contribution in [0.2, 0.25) is 10.0 Å². The summed E-state index contributed by atoms with van der Waals surface area (Å²) in [4.78, 5) is 11.9. The van der Waals surface area contributed by atoms with Crippen molar-refractivity contribution in [3.05, 3.63) is 33.8 Å². The fraction of sp³-hybridized carbons (Fsp3) is 0.462. The van der Waals surface area contributed by atoms with Crippen LogP contribution in [0, 0.1) is 0 Å². The molecule has 0 spiro atoms. The first kappa shape index (κ1) is 15.3. The van der Waals surface area contributed by atoms with Gasteiger partial charge in [0.1, 0.15) is 0 Å². The summed E-state index contributed by atoms with van der Waals surface area (Å²) >= 11 is 11.8.